The monoisotopic (exact) mass is 688 g/mol. The Bertz CT molecular complexity index is 1680. The molecule has 14 nitrogen and oxygen atoms in total. The molecule has 50 heavy (non-hydrogen) atoms. The highest BCUT2D eigenvalue weighted by Crippen LogP contribution is 2.37. The molecule has 0 spiro atoms. The predicted octanol–water partition coefficient (Wildman–Crippen LogP) is 2.82. The molecule has 0 radical (unpaired) electrons. The van der Waals surface area contributed by atoms with Gasteiger partial charge in [-0.3, -0.25) is 29.0 Å². The summed E-state index contributed by atoms with van der Waals surface area (Å²) >= 11 is 0. The standard InChI is InChI=1S/C36H44N6O8/c1-22(2)32-35(46)39-21-24-8-10-27(29(19-24)48-4)50-28-11-9-26(20-30(28)49-5)34(45)38-16-18-42(36(47)25-12-14-37-15-13-25)17-6-7-31(43)40-23(3)33(44)41-32/h8-15,19-20,22-23,32H,6-7,16-18,21H2,1-5H3,(H,38,45)(H,39,46)(H,40,43)(H,41,44)/t23-,32+/m1/s1. The predicted molar refractivity (Wildman–Crippen MR) is 184 cm³/mol. The van der Waals surface area contributed by atoms with E-state index in [-0.39, 0.29) is 62.1 Å². The van der Waals surface area contributed by atoms with Crippen LogP contribution in [0.15, 0.2) is 60.9 Å². The van der Waals surface area contributed by atoms with E-state index in [4.69, 9.17) is 14.2 Å². The van der Waals surface area contributed by atoms with E-state index >= 15 is 0 Å². The van der Waals surface area contributed by atoms with Crippen molar-refractivity contribution in [2.24, 2.45) is 5.92 Å². The molecule has 4 heterocycles. The zero-order valence-corrected chi connectivity index (χ0v) is 28.9. The Morgan fingerprint density at radius 1 is 0.880 bits per heavy atom. The molecule has 0 unspecified atom stereocenters. The molecule has 3 aromatic rings. The number of hydrogen-bond donors (Lipinski definition) is 4. The van der Waals surface area contributed by atoms with Crippen molar-refractivity contribution in [1.82, 2.24) is 31.2 Å². The van der Waals surface area contributed by atoms with Crippen molar-refractivity contribution in [3.63, 3.8) is 0 Å². The number of methoxy groups -OCH3 is 2. The number of carbonyl (C=O) groups is 5. The van der Waals surface area contributed by atoms with Crippen molar-refractivity contribution in [3.05, 3.63) is 77.6 Å². The molecular formula is C36H44N6O8. The molecule has 2 atom stereocenters. The first-order valence-electron chi connectivity index (χ1n) is 16.4. The van der Waals surface area contributed by atoms with Crippen LogP contribution in [0.4, 0.5) is 0 Å². The van der Waals surface area contributed by atoms with Gasteiger partial charge in [0.1, 0.15) is 12.1 Å². The fraction of sp³-hybridized carbons (Fsp3) is 0.389. The van der Waals surface area contributed by atoms with Crippen molar-refractivity contribution in [1.29, 1.82) is 0 Å². The van der Waals surface area contributed by atoms with E-state index in [9.17, 15) is 24.0 Å². The van der Waals surface area contributed by atoms with Crippen molar-refractivity contribution in [3.8, 4) is 23.0 Å². The minimum Gasteiger partial charge on any atom is -0.493 e. The Kier molecular flexibility index (Phi) is 13.1. The summed E-state index contributed by atoms with van der Waals surface area (Å²) in [7, 11) is 2.95. The molecule has 0 saturated carbocycles. The maximum Gasteiger partial charge on any atom is 0.254 e. The van der Waals surface area contributed by atoms with Gasteiger partial charge in [0.25, 0.3) is 11.8 Å². The van der Waals surface area contributed by atoms with Gasteiger partial charge in [-0.25, -0.2) is 0 Å². The lowest BCUT2D eigenvalue weighted by atomic mass is 10.0. The van der Waals surface area contributed by atoms with Gasteiger partial charge in [0.05, 0.1) is 14.2 Å². The summed E-state index contributed by atoms with van der Waals surface area (Å²) in [5.41, 5.74) is 1.45. The molecule has 1 aromatic heterocycles. The van der Waals surface area contributed by atoms with Crippen LogP contribution in [-0.2, 0) is 20.9 Å². The second-order valence-corrected chi connectivity index (χ2v) is 12.1. The molecule has 4 bridgehead atoms. The summed E-state index contributed by atoms with van der Waals surface area (Å²) in [5, 5.41) is 11.1. The van der Waals surface area contributed by atoms with Crippen LogP contribution < -0.4 is 35.5 Å². The summed E-state index contributed by atoms with van der Waals surface area (Å²) in [6.07, 6.45) is 3.36. The zero-order valence-electron chi connectivity index (χ0n) is 28.9. The number of nitrogens with one attached hydrogen (secondary N) is 4. The number of benzene rings is 2. The van der Waals surface area contributed by atoms with E-state index in [1.54, 1.807) is 53.4 Å². The second-order valence-electron chi connectivity index (χ2n) is 12.1. The van der Waals surface area contributed by atoms with Gasteiger partial charge in [-0.1, -0.05) is 19.9 Å². The average molecular weight is 689 g/mol. The maximum absolute atomic E-state index is 13.4. The average Bonchev–Trinajstić information content (AvgIpc) is 3.11. The Hall–Kier alpha value is -5.66. The van der Waals surface area contributed by atoms with Gasteiger partial charge in [0.2, 0.25) is 17.7 Å². The summed E-state index contributed by atoms with van der Waals surface area (Å²) in [5.74, 6) is -0.777. The number of ether oxygens (including phenoxy) is 3. The highest BCUT2D eigenvalue weighted by Gasteiger charge is 2.27. The molecule has 6 rings (SSSR count). The third-order valence-electron chi connectivity index (χ3n) is 8.07. The highest BCUT2D eigenvalue weighted by atomic mass is 16.5. The molecule has 14 heteroatoms. The number of fused-ring (bicyclic) bond motifs is 2. The van der Waals surface area contributed by atoms with Crippen LogP contribution in [0.3, 0.4) is 0 Å². The number of aromatic nitrogens is 1. The largest absolute Gasteiger partial charge is 0.493 e. The van der Waals surface area contributed by atoms with E-state index in [0.717, 1.165) is 5.56 Å². The Morgan fingerprint density at radius 3 is 2.24 bits per heavy atom. The van der Waals surface area contributed by atoms with Gasteiger partial charge in [-0.2, -0.15) is 0 Å². The summed E-state index contributed by atoms with van der Waals surface area (Å²) in [4.78, 5) is 71.0. The first-order chi connectivity index (χ1) is 24.0. The maximum atomic E-state index is 13.4. The molecule has 0 saturated heterocycles. The smallest absolute Gasteiger partial charge is 0.254 e. The molecule has 0 aliphatic carbocycles. The fourth-order valence-electron chi connectivity index (χ4n) is 5.24. The minimum absolute atomic E-state index is 0.0364. The molecular weight excluding hydrogens is 644 g/mol. The first kappa shape index (κ1) is 37.2. The van der Waals surface area contributed by atoms with E-state index in [1.165, 1.54) is 33.5 Å². The number of pyridine rings is 1. The SMILES string of the molecule is COc1cc2ccc1Oc1ccc(cc1OC)C(=O)NCCN(C(=O)c1ccncc1)CCCC(=O)N[C@H](C)C(=O)N[C@@H](C(C)C)C(=O)NC2. The number of hydrogen-bond acceptors (Lipinski definition) is 9. The van der Waals surface area contributed by atoms with E-state index < -0.39 is 18.0 Å². The molecule has 2 aromatic carbocycles. The van der Waals surface area contributed by atoms with Crippen LogP contribution in [0.5, 0.6) is 23.0 Å². The van der Waals surface area contributed by atoms with Gasteiger partial charge < -0.3 is 40.4 Å². The van der Waals surface area contributed by atoms with Gasteiger partial charge in [0.15, 0.2) is 23.0 Å². The Morgan fingerprint density at radius 2 is 1.56 bits per heavy atom. The highest BCUT2D eigenvalue weighted by molar-refractivity contribution is 5.96. The normalized spacial score (nSPS) is 18.4. The molecule has 266 valence electrons. The number of amides is 5. The molecule has 4 N–H and O–H groups in total. The summed E-state index contributed by atoms with van der Waals surface area (Å²) in [6, 6.07) is 11.3. The third kappa shape index (κ3) is 9.94. The number of carbonyl (C=O) groups excluding carboxylic acids is 5. The second kappa shape index (κ2) is 17.7. The van der Waals surface area contributed by atoms with Crippen molar-refractivity contribution in [2.45, 2.75) is 52.2 Å². The van der Waals surface area contributed by atoms with Crippen LogP contribution in [0.1, 0.15) is 59.9 Å². The minimum atomic E-state index is -0.913. The van der Waals surface area contributed by atoms with Crippen LogP contribution >= 0.6 is 0 Å². The summed E-state index contributed by atoms with van der Waals surface area (Å²) < 4.78 is 17.2. The van der Waals surface area contributed by atoms with Crippen LogP contribution in [0, 0.1) is 5.92 Å². The topological polar surface area (TPSA) is 177 Å². The van der Waals surface area contributed by atoms with Crippen molar-refractivity contribution < 1.29 is 38.2 Å². The van der Waals surface area contributed by atoms with E-state index in [0.29, 0.717) is 40.5 Å². The lowest BCUT2D eigenvalue weighted by Gasteiger charge is -2.24. The lowest BCUT2D eigenvalue weighted by molar-refractivity contribution is -0.132. The third-order valence-corrected chi connectivity index (χ3v) is 8.07. The van der Waals surface area contributed by atoms with E-state index in [2.05, 4.69) is 26.3 Å². The number of rotatable bonds is 4. The van der Waals surface area contributed by atoms with Crippen LogP contribution in [-0.4, -0.2) is 85.4 Å². The molecule has 5 amide bonds. The quantitative estimate of drug-likeness (QED) is 0.321. The van der Waals surface area contributed by atoms with Crippen LogP contribution in [0.25, 0.3) is 0 Å². The van der Waals surface area contributed by atoms with Gasteiger partial charge in [0, 0.05) is 56.1 Å². The van der Waals surface area contributed by atoms with Gasteiger partial charge in [-0.15, -0.1) is 0 Å². The Balaban J connectivity index is 1.60. The molecule has 3 aliphatic heterocycles. The molecule has 0 fully saturated rings. The first-order valence-corrected chi connectivity index (χ1v) is 16.4. The van der Waals surface area contributed by atoms with E-state index in [1.807, 2.05) is 13.8 Å². The van der Waals surface area contributed by atoms with Crippen LogP contribution in [0.2, 0.25) is 0 Å². The van der Waals surface area contributed by atoms with Crippen molar-refractivity contribution >= 4 is 29.5 Å². The number of nitrogens with zero attached hydrogens (tertiary/aromatic N) is 2. The zero-order chi connectivity index (χ0) is 36.2. The van der Waals surface area contributed by atoms with Crippen molar-refractivity contribution in [2.75, 3.05) is 33.9 Å². The van der Waals surface area contributed by atoms with Gasteiger partial charge >= 0.3 is 0 Å². The molecule has 3 aliphatic rings. The Labute approximate surface area is 291 Å². The lowest BCUT2D eigenvalue weighted by Crippen LogP contribution is -2.54. The van der Waals surface area contributed by atoms with Gasteiger partial charge in [-0.05, 0) is 67.3 Å². The fourth-order valence-corrected chi connectivity index (χ4v) is 5.24. The summed E-state index contributed by atoms with van der Waals surface area (Å²) in [6.45, 7) is 5.83.